The second-order valence-electron chi connectivity index (χ2n) is 6.63. The molecule has 0 amide bonds. The van der Waals surface area contributed by atoms with Crippen molar-refractivity contribution in [2.75, 3.05) is 18.9 Å². The summed E-state index contributed by atoms with van der Waals surface area (Å²) in [6.07, 6.45) is 0. The Kier molecular flexibility index (Phi) is 7.62. The zero-order chi connectivity index (χ0) is 21.6. The average Bonchev–Trinajstić information content (AvgIpc) is 3.00. The SMILES string of the molecule is CCOC(=O)c1sc(N)c(C#N)c1COC(=O)COc1cc(C)ccc1C(C)C. The molecule has 0 spiro atoms. The normalized spacial score (nSPS) is 10.5. The van der Waals surface area contributed by atoms with Gasteiger partial charge in [-0.2, -0.15) is 5.26 Å². The maximum atomic E-state index is 12.2. The standard InChI is InChI=1S/C21H24N2O5S/c1-5-26-21(25)19-16(15(9-22)20(23)29-19)10-28-18(24)11-27-17-8-13(4)6-7-14(17)12(2)3/h6-8,12H,5,10-11,23H2,1-4H3. The van der Waals surface area contributed by atoms with Gasteiger partial charge in [0.25, 0.3) is 0 Å². The van der Waals surface area contributed by atoms with Gasteiger partial charge in [-0.05, 0) is 37.0 Å². The van der Waals surface area contributed by atoms with Gasteiger partial charge in [0.15, 0.2) is 6.61 Å². The van der Waals surface area contributed by atoms with Gasteiger partial charge in [0, 0.05) is 5.56 Å². The first-order valence-electron chi connectivity index (χ1n) is 9.15. The van der Waals surface area contributed by atoms with Crippen LogP contribution in [0, 0.1) is 18.3 Å². The molecule has 0 atom stereocenters. The number of rotatable bonds is 8. The third-order valence-corrected chi connectivity index (χ3v) is 5.16. The molecular weight excluding hydrogens is 392 g/mol. The van der Waals surface area contributed by atoms with Crippen LogP contribution < -0.4 is 10.5 Å². The highest BCUT2D eigenvalue weighted by Crippen LogP contribution is 2.32. The molecule has 8 heteroatoms. The molecule has 29 heavy (non-hydrogen) atoms. The lowest BCUT2D eigenvalue weighted by Crippen LogP contribution is -2.16. The molecule has 7 nitrogen and oxygen atoms in total. The number of carbonyl (C=O) groups is 2. The Morgan fingerprint density at radius 2 is 2.00 bits per heavy atom. The Balaban J connectivity index is 2.08. The summed E-state index contributed by atoms with van der Waals surface area (Å²) in [6.45, 7) is 7.32. The third kappa shape index (κ3) is 5.48. The van der Waals surface area contributed by atoms with Crippen LogP contribution in [0.5, 0.6) is 5.75 Å². The molecule has 0 fully saturated rings. The van der Waals surface area contributed by atoms with Crippen LogP contribution in [-0.2, 0) is 20.9 Å². The number of ether oxygens (including phenoxy) is 3. The molecule has 0 saturated heterocycles. The summed E-state index contributed by atoms with van der Waals surface area (Å²) in [6, 6.07) is 7.77. The van der Waals surface area contributed by atoms with Gasteiger partial charge in [0.1, 0.15) is 28.3 Å². The lowest BCUT2D eigenvalue weighted by Gasteiger charge is -2.14. The van der Waals surface area contributed by atoms with Crippen molar-refractivity contribution in [1.82, 2.24) is 0 Å². The van der Waals surface area contributed by atoms with E-state index in [0.29, 0.717) is 5.75 Å². The van der Waals surface area contributed by atoms with Crippen molar-refractivity contribution < 1.29 is 23.8 Å². The largest absolute Gasteiger partial charge is 0.482 e. The van der Waals surface area contributed by atoms with Crippen molar-refractivity contribution >= 4 is 28.3 Å². The topological polar surface area (TPSA) is 112 Å². The summed E-state index contributed by atoms with van der Waals surface area (Å²) < 4.78 is 15.9. The van der Waals surface area contributed by atoms with E-state index in [4.69, 9.17) is 19.9 Å². The van der Waals surface area contributed by atoms with E-state index in [0.717, 1.165) is 22.5 Å². The Labute approximate surface area is 174 Å². The lowest BCUT2D eigenvalue weighted by molar-refractivity contribution is -0.147. The highest BCUT2D eigenvalue weighted by atomic mass is 32.1. The van der Waals surface area contributed by atoms with E-state index in [2.05, 4.69) is 0 Å². The molecule has 1 aromatic carbocycles. The first-order valence-corrected chi connectivity index (χ1v) is 9.97. The number of hydrogen-bond donors (Lipinski definition) is 1. The summed E-state index contributed by atoms with van der Waals surface area (Å²) in [5.74, 6) is -0.360. The molecule has 0 radical (unpaired) electrons. The van der Waals surface area contributed by atoms with Gasteiger partial charge in [-0.1, -0.05) is 26.0 Å². The summed E-state index contributed by atoms with van der Waals surface area (Å²) in [5.41, 5.74) is 8.19. The second kappa shape index (κ2) is 9.94. The van der Waals surface area contributed by atoms with Crippen molar-refractivity contribution in [2.24, 2.45) is 0 Å². The molecule has 2 aromatic rings. The van der Waals surface area contributed by atoms with Crippen LogP contribution in [0.2, 0.25) is 0 Å². The first kappa shape index (κ1) is 22.2. The molecule has 0 aliphatic rings. The number of esters is 2. The van der Waals surface area contributed by atoms with Crippen LogP contribution in [0.3, 0.4) is 0 Å². The molecule has 1 heterocycles. The fraction of sp³-hybridized carbons (Fsp3) is 0.381. The smallest absolute Gasteiger partial charge is 0.348 e. The Hall–Kier alpha value is -3.05. The molecule has 0 bridgehead atoms. The minimum atomic E-state index is -0.621. The molecule has 1 aromatic heterocycles. The van der Waals surface area contributed by atoms with Crippen LogP contribution in [0.25, 0.3) is 0 Å². The molecule has 154 valence electrons. The quantitative estimate of drug-likeness (QED) is 0.649. The molecular formula is C21H24N2O5S. The summed E-state index contributed by atoms with van der Waals surface area (Å²) in [7, 11) is 0. The molecule has 0 aliphatic carbocycles. The number of nitriles is 1. The van der Waals surface area contributed by atoms with Crippen LogP contribution in [0.15, 0.2) is 18.2 Å². The van der Waals surface area contributed by atoms with Crippen molar-refractivity contribution in [3.05, 3.63) is 45.3 Å². The minimum Gasteiger partial charge on any atom is -0.482 e. The predicted octanol–water partition coefficient (Wildman–Crippen LogP) is 3.93. The van der Waals surface area contributed by atoms with E-state index in [1.54, 1.807) is 6.92 Å². The van der Waals surface area contributed by atoms with Crippen LogP contribution in [0.4, 0.5) is 5.00 Å². The van der Waals surface area contributed by atoms with Crippen molar-refractivity contribution in [3.63, 3.8) is 0 Å². The van der Waals surface area contributed by atoms with Gasteiger partial charge in [-0.25, -0.2) is 9.59 Å². The number of thiophene rings is 1. The molecule has 0 saturated carbocycles. The van der Waals surface area contributed by atoms with Crippen molar-refractivity contribution in [2.45, 2.75) is 40.2 Å². The van der Waals surface area contributed by atoms with Gasteiger partial charge in [-0.15, -0.1) is 11.3 Å². The number of nitrogens with zero attached hydrogens (tertiary/aromatic N) is 1. The number of benzene rings is 1. The van der Waals surface area contributed by atoms with E-state index in [9.17, 15) is 14.9 Å². The number of carbonyl (C=O) groups excluding carboxylic acids is 2. The van der Waals surface area contributed by atoms with E-state index in [1.807, 2.05) is 45.0 Å². The number of nitrogens with two attached hydrogens (primary N) is 1. The summed E-state index contributed by atoms with van der Waals surface area (Å²) in [4.78, 5) is 24.5. The van der Waals surface area contributed by atoms with E-state index in [-0.39, 0.29) is 46.7 Å². The average molecular weight is 416 g/mol. The fourth-order valence-electron chi connectivity index (χ4n) is 2.68. The number of anilines is 1. The van der Waals surface area contributed by atoms with Crippen LogP contribution >= 0.6 is 11.3 Å². The maximum absolute atomic E-state index is 12.2. The lowest BCUT2D eigenvalue weighted by atomic mass is 10.0. The number of hydrogen-bond acceptors (Lipinski definition) is 8. The van der Waals surface area contributed by atoms with Gasteiger partial charge >= 0.3 is 11.9 Å². The fourth-order valence-corrected chi connectivity index (χ4v) is 3.60. The second-order valence-corrected chi connectivity index (χ2v) is 7.68. The molecule has 0 unspecified atom stereocenters. The van der Waals surface area contributed by atoms with Crippen molar-refractivity contribution in [1.29, 1.82) is 5.26 Å². The maximum Gasteiger partial charge on any atom is 0.348 e. The zero-order valence-corrected chi connectivity index (χ0v) is 17.7. The number of nitrogen functional groups attached to an aromatic ring is 1. The van der Waals surface area contributed by atoms with Crippen LogP contribution in [-0.4, -0.2) is 25.2 Å². The van der Waals surface area contributed by atoms with Gasteiger partial charge < -0.3 is 19.9 Å². The summed E-state index contributed by atoms with van der Waals surface area (Å²) in [5, 5.41) is 9.49. The minimum absolute atomic E-state index is 0.118. The Bertz CT molecular complexity index is 943. The van der Waals surface area contributed by atoms with Gasteiger partial charge in [0.05, 0.1) is 12.2 Å². The Morgan fingerprint density at radius 1 is 1.28 bits per heavy atom. The predicted molar refractivity (Wildman–Crippen MR) is 110 cm³/mol. The van der Waals surface area contributed by atoms with Gasteiger partial charge in [-0.3, -0.25) is 0 Å². The first-order chi connectivity index (χ1) is 13.8. The molecule has 0 aliphatic heterocycles. The van der Waals surface area contributed by atoms with E-state index >= 15 is 0 Å². The van der Waals surface area contributed by atoms with Crippen LogP contribution in [0.1, 0.15) is 58.6 Å². The highest BCUT2D eigenvalue weighted by Gasteiger charge is 2.24. The van der Waals surface area contributed by atoms with E-state index in [1.165, 1.54) is 0 Å². The Morgan fingerprint density at radius 3 is 2.62 bits per heavy atom. The van der Waals surface area contributed by atoms with Gasteiger partial charge in [0.2, 0.25) is 0 Å². The zero-order valence-electron chi connectivity index (χ0n) is 16.9. The highest BCUT2D eigenvalue weighted by molar-refractivity contribution is 7.18. The third-order valence-electron chi connectivity index (χ3n) is 4.12. The molecule has 2 rings (SSSR count). The van der Waals surface area contributed by atoms with Crippen molar-refractivity contribution in [3.8, 4) is 11.8 Å². The monoisotopic (exact) mass is 416 g/mol. The van der Waals surface area contributed by atoms with E-state index < -0.39 is 11.9 Å². The number of aryl methyl sites for hydroxylation is 1. The summed E-state index contributed by atoms with van der Waals surface area (Å²) >= 11 is 0.940. The molecule has 2 N–H and O–H groups in total.